The number of rotatable bonds is 6. The van der Waals surface area contributed by atoms with Crippen molar-refractivity contribution in [3.8, 4) is 5.75 Å². The van der Waals surface area contributed by atoms with Crippen LogP contribution < -0.4 is 10.1 Å². The van der Waals surface area contributed by atoms with E-state index in [9.17, 15) is 0 Å². The number of nitrogens with zero attached hydrogens (tertiary/aromatic N) is 1. The van der Waals surface area contributed by atoms with Gasteiger partial charge in [0.2, 0.25) is 0 Å². The molecule has 2 rings (SSSR count). The average Bonchev–Trinajstić information content (AvgIpc) is 2.75. The maximum absolute atomic E-state index is 5.75. The molecule has 1 aromatic carbocycles. The van der Waals surface area contributed by atoms with Crippen LogP contribution in [0.3, 0.4) is 0 Å². The van der Waals surface area contributed by atoms with Crippen LogP contribution in [0.25, 0.3) is 0 Å². The maximum Gasteiger partial charge on any atom is 0.138 e. The van der Waals surface area contributed by atoms with Crippen LogP contribution >= 0.6 is 0 Å². The molecule has 4 nitrogen and oxygen atoms in total. The fourth-order valence-corrected chi connectivity index (χ4v) is 1.95. The summed E-state index contributed by atoms with van der Waals surface area (Å²) in [7, 11) is 0. The van der Waals surface area contributed by atoms with Crippen molar-refractivity contribution in [1.29, 1.82) is 0 Å². The molecule has 0 amide bonds. The van der Waals surface area contributed by atoms with Gasteiger partial charge in [0.05, 0.1) is 5.69 Å². The number of aryl methyl sites for hydroxylation is 3. The molecule has 0 saturated carbocycles. The van der Waals surface area contributed by atoms with Crippen LogP contribution in [0.1, 0.15) is 29.5 Å². The number of hydrogen-bond acceptors (Lipinski definition) is 4. The molecule has 0 radical (unpaired) electrons. The summed E-state index contributed by atoms with van der Waals surface area (Å²) in [5.41, 5.74) is 3.32. The molecule has 4 heteroatoms. The highest BCUT2D eigenvalue weighted by atomic mass is 16.5. The minimum Gasteiger partial charge on any atom is -0.492 e. The number of benzene rings is 1. The molecule has 2 aromatic rings. The second kappa shape index (κ2) is 6.57. The van der Waals surface area contributed by atoms with E-state index in [1.807, 2.05) is 26.0 Å². The monoisotopic (exact) mass is 274 g/mol. The zero-order valence-corrected chi connectivity index (χ0v) is 12.6. The Morgan fingerprint density at radius 2 is 1.90 bits per heavy atom. The number of hydrogen-bond donors (Lipinski definition) is 1. The lowest BCUT2D eigenvalue weighted by atomic mass is 10.2. The van der Waals surface area contributed by atoms with E-state index in [0.717, 1.165) is 29.3 Å². The van der Waals surface area contributed by atoms with Gasteiger partial charge in [-0.3, -0.25) is 0 Å². The van der Waals surface area contributed by atoms with E-state index in [-0.39, 0.29) is 6.04 Å². The van der Waals surface area contributed by atoms with E-state index >= 15 is 0 Å². The third-order valence-corrected chi connectivity index (χ3v) is 3.33. The lowest BCUT2D eigenvalue weighted by molar-refractivity contribution is 0.272. The molecule has 1 unspecified atom stereocenters. The second-order valence-corrected chi connectivity index (χ2v) is 5.21. The molecular weight excluding hydrogens is 252 g/mol. The van der Waals surface area contributed by atoms with Crippen LogP contribution in [0.4, 0.5) is 0 Å². The summed E-state index contributed by atoms with van der Waals surface area (Å²) < 4.78 is 10.9. The van der Waals surface area contributed by atoms with Crippen LogP contribution in [-0.2, 0) is 6.54 Å². The summed E-state index contributed by atoms with van der Waals surface area (Å²) in [6, 6.07) is 8.35. The molecule has 1 atom stereocenters. The fraction of sp³-hybridized carbons (Fsp3) is 0.438. The molecular formula is C16H22N2O2. The Morgan fingerprint density at radius 1 is 1.20 bits per heavy atom. The Morgan fingerprint density at radius 3 is 2.50 bits per heavy atom. The fourth-order valence-electron chi connectivity index (χ4n) is 1.95. The van der Waals surface area contributed by atoms with E-state index in [0.29, 0.717) is 6.61 Å². The van der Waals surface area contributed by atoms with E-state index in [1.54, 1.807) is 0 Å². The zero-order valence-electron chi connectivity index (χ0n) is 12.6. The molecule has 0 spiro atoms. The van der Waals surface area contributed by atoms with Crippen LogP contribution in [0.5, 0.6) is 5.75 Å². The third kappa shape index (κ3) is 3.84. The molecule has 0 aliphatic carbocycles. The first-order valence-electron chi connectivity index (χ1n) is 6.91. The van der Waals surface area contributed by atoms with Crippen LogP contribution in [0.15, 0.2) is 28.8 Å². The van der Waals surface area contributed by atoms with Gasteiger partial charge in [0.1, 0.15) is 18.1 Å². The molecule has 0 fully saturated rings. The largest absolute Gasteiger partial charge is 0.492 e. The van der Waals surface area contributed by atoms with Crippen molar-refractivity contribution in [3.05, 3.63) is 46.8 Å². The zero-order chi connectivity index (χ0) is 14.5. The van der Waals surface area contributed by atoms with Crippen molar-refractivity contribution < 1.29 is 9.26 Å². The average molecular weight is 274 g/mol. The molecule has 1 heterocycles. The van der Waals surface area contributed by atoms with Crippen molar-refractivity contribution in [2.75, 3.05) is 6.61 Å². The van der Waals surface area contributed by atoms with Crippen LogP contribution in [0, 0.1) is 20.8 Å². The Balaban J connectivity index is 1.78. The summed E-state index contributed by atoms with van der Waals surface area (Å²) in [6.07, 6.45) is 0. The predicted octanol–water partition coefficient (Wildman–Crippen LogP) is 3.16. The van der Waals surface area contributed by atoms with Crippen molar-refractivity contribution >= 4 is 0 Å². The highest BCUT2D eigenvalue weighted by Crippen LogP contribution is 2.13. The molecule has 1 N–H and O–H groups in total. The number of ether oxygens (including phenoxy) is 1. The Labute approximate surface area is 120 Å². The molecule has 0 saturated heterocycles. The van der Waals surface area contributed by atoms with Crippen molar-refractivity contribution in [1.82, 2.24) is 10.5 Å². The summed E-state index contributed by atoms with van der Waals surface area (Å²) in [5, 5.41) is 7.37. The van der Waals surface area contributed by atoms with Crippen molar-refractivity contribution in [3.63, 3.8) is 0 Å². The van der Waals surface area contributed by atoms with Crippen molar-refractivity contribution in [2.45, 2.75) is 40.3 Å². The van der Waals surface area contributed by atoms with Gasteiger partial charge in [-0.1, -0.05) is 22.9 Å². The van der Waals surface area contributed by atoms with Crippen LogP contribution in [0.2, 0.25) is 0 Å². The summed E-state index contributed by atoms with van der Waals surface area (Å²) >= 11 is 0. The first-order chi connectivity index (χ1) is 9.56. The highest BCUT2D eigenvalue weighted by Gasteiger charge is 2.10. The van der Waals surface area contributed by atoms with Gasteiger partial charge >= 0.3 is 0 Å². The lowest BCUT2D eigenvalue weighted by Crippen LogP contribution is -2.31. The Bertz CT molecular complexity index is 527. The molecule has 20 heavy (non-hydrogen) atoms. The van der Waals surface area contributed by atoms with Gasteiger partial charge in [-0.15, -0.1) is 0 Å². The Kier molecular flexibility index (Phi) is 4.79. The summed E-state index contributed by atoms with van der Waals surface area (Å²) in [4.78, 5) is 0. The molecule has 108 valence electrons. The number of nitrogens with one attached hydrogen (secondary N) is 1. The lowest BCUT2D eigenvalue weighted by Gasteiger charge is -2.15. The highest BCUT2D eigenvalue weighted by molar-refractivity contribution is 5.26. The predicted molar refractivity (Wildman–Crippen MR) is 79.0 cm³/mol. The molecule has 0 aliphatic heterocycles. The van der Waals surface area contributed by atoms with E-state index in [1.165, 1.54) is 5.56 Å². The first kappa shape index (κ1) is 14.6. The van der Waals surface area contributed by atoms with Gasteiger partial charge in [0.25, 0.3) is 0 Å². The third-order valence-electron chi connectivity index (χ3n) is 3.33. The number of aromatic nitrogens is 1. The van der Waals surface area contributed by atoms with E-state index in [4.69, 9.17) is 9.26 Å². The van der Waals surface area contributed by atoms with Gasteiger partial charge in [0.15, 0.2) is 0 Å². The molecule has 0 bridgehead atoms. The van der Waals surface area contributed by atoms with Crippen molar-refractivity contribution in [2.24, 2.45) is 0 Å². The topological polar surface area (TPSA) is 47.3 Å². The quantitative estimate of drug-likeness (QED) is 0.879. The summed E-state index contributed by atoms with van der Waals surface area (Å²) in [5.74, 6) is 1.78. The van der Waals surface area contributed by atoms with Gasteiger partial charge in [0, 0.05) is 18.2 Å². The molecule has 1 aromatic heterocycles. The minimum absolute atomic E-state index is 0.255. The van der Waals surface area contributed by atoms with Crippen LogP contribution in [-0.4, -0.2) is 17.8 Å². The standard InChI is InChI=1S/C16H22N2O2/c1-11-5-7-15(8-6-11)19-10-12(2)17-9-16-13(3)18-20-14(16)4/h5-8,12,17H,9-10H2,1-4H3. The van der Waals surface area contributed by atoms with E-state index < -0.39 is 0 Å². The van der Waals surface area contributed by atoms with E-state index in [2.05, 4.69) is 36.5 Å². The molecule has 0 aliphatic rings. The van der Waals surface area contributed by atoms with Gasteiger partial charge in [-0.2, -0.15) is 0 Å². The first-order valence-corrected chi connectivity index (χ1v) is 6.91. The maximum atomic E-state index is 5.75. The SMILES string of the molecule is Cc1ccc(OCC(C)NCc2c(C)noc2C)cc1. The van der Waals surface area contributed by atoms with Gasteiger partial charge in [-0.05, 0) is 39.8 Å². The normalized spacial score (nSPS) is 12.4. The summed E-state index contributed by atoms with van der Waals surface area (Å²) in [6.45, 7) is 9.45. The minimum atomic E-state index is 0.255. The Hall–Kier alpha value is -1.81. The smallest absolute Gasteiger partial charge is 0.138 e. The second-order valence-electron chi connectivity index (χ2n) is 5.21. The van der Waals surface area contributed by atoms with Gasteiger partial charge < -0.3 is 14.6 Å². The van der Waals surface area contributed by atoms with Gasteiger partial charge in [-0.25, -0.2) is 0 Å².